The van der Waals surface area contributed by atoms with Gasteiger partial charge < -0.3 is 4.74 Å². The standard InChI is InChI=1S/C15H18N4O2/c1-11(2)10-21-15(20)18-8-12-5-3-4-6-14(12)19-13(9-18)7-16-17-19/h3-7,11H,8-10H2,1-2H3. The molecule has 1 aromatic heterocycles. The molecule has 0 aliphatic carbocycles. The molecule has 0 saturated carbocycles. The van der Waals surface area contributed by atoms with Crippen LogP contribution in [-0.4, -0.2) is 32.6 Å². The van der Waals surface area contributed by atoms with Crippen molar-refractivity contribution in [2.45, 2.75) is 26.9 Å². The first-order valence-electron chi connectivity index (χ1n) is 7.04. The van der Waals surface area contributed by atoms with E-state index in [1.54, 1.807) is 15.8 Å². The van der Waals surface area contributed by atoms with Gasteiger partial charge in [0.15, 0.2) is 0 Å². The third kappa shape index (κ3) is 2.74. The van der Waals surface area contributed by atoms with Crippen molar-refractivity contribution in [1.82, 2.24) is 19.9 Å². The van der Waals surface area contributed by atoms with Crippen LogP contribution in [0, 0.1) is 5.92 Å². The zero-order chi connectivity index (χ0) is 14.8. The zero-order valence-electron chi connectivity index (χ0n) is 12.2. The van der Waals surface area contributed by atoms with Gasteiger partial charge in [-0.1, -0.05) is 37.3 Å². The van der Waals surface area contributed by atoms with Crippen LogP contribution >= 0.6 is 0 Å². The van der Waals surface area contributed by atoms with Crippen LogP contribution in [0.1, 0.15) is 25.1 Å². The van der Waals surface area contributed by atoms with Crippen molar-refractivity contribution >= 4 is 6.09 Å². The van der Waals surface area contributed by atoms with E-state index < -0.39 is 0 Å². The molecule has 0 N–H and O–H groups in total. The number of hydrogen-bond acceptors (Lipinski definition) is 4. The molecule has 2 aromatic rings. The van der Waals surface area contributed by atoms with Gasteiger partial charge in [0.25, 0.3) is 0 Å². The van der Waals surface area contributed by atoms with Crippen molar-refractivity contribution in [1.29, 1.82) is 0 Å². The van der Waals surface area contributed by atoms with Crippen LogP contribution < -0.4 is 0 Å². The van der Waals surface area contributed by atoms with Crippen LogP contribution in [0.3, 0.4) is 0 Å². The normalized spacial score (nSPS) is 13.6. The molecule has 0 radical (unpaired) electrons. The molecule has 0 saturated heterocycles. The number of fused-ring (bicyclic) bond motifs is 3. The van der Waals surface area contributed by atoms with Gasteiger partial charge in [0, 0.05) is 0 Å². The van der Waals surface area contributed by atoms with Crippen molar-refractivity contribution in [3.63, 3.8) is 0 Å². The Kier molecular flexibility index (Phi) is 3.60. The highest BCUT2D eigenvalue weighted by Gasteiger charge is 2.24. The van der Waals surface area contributed by atoms with Crippen LogP contribution in [0.4, 0.5) is 4.79 Å². The molecule has 3 rings (SSSR count). The monoisotopic (exact) mass is 286 g/mol. The van der Waals surface area contributed by atoms with Crippen LogP contribution in [0.25, 0.3) is 5.69 Å². The van der Waals surface area contributed by atoms with Crippen LogP contribution in [-0.2, 0) is 17.8 Å². The summed E-state index contributed by atoms with van der Waals surface area (Å²) in [6.45, 7) is 5.41. The Bertz CT molecular complexity index is 651. The van der Waals surface area contributed by atoms with Gasteiger partial charge in [-0.15, -0.1) is 5.10 Å². The van der Waals surface area contributed by atoms with E-state index in [2.05, 4.69) is 10.3 Å². The minimum Gasteiger partial charge on any atom is -0.449 e. The van der Waals surface area contributed by atoms with Crippen LogP contribution in [0.15, 0.2) is 30.5 Å². The maximum absolute atomic E-state index is 12.3. The van der Waals surface area contributed by atoms with E-state index in [1.165, 1.54) is 0 Å². The fraction of sp³-hybridized carbons (Fsp3) is 0.400. The third-order valence-electron chi connectivity index (χ3n) is 3.35. The predicted molar refractivity (Wildman–Crippen MR) is 76.8 cm³/mol. The number of amides is 1. The fourth-order valence-electron chi connectivity index (χ4n) is 2.33. The highest BCUT2D eigenvalue weighted by Crippen LogP contribution is 2.23. The number of hydrogen-bond donors (Lipinski definition) is 0. The van der Waals surface area contributed by atoms with Gasteiger partial charge >= 0.3 is 6.09 Å². The second-order valence-corrected chi connectivity index (χ2v) is 5.59. The number of aromatic nitrogens is 3. The number of nitrogens with zero attached hydrogens (tertiary/aromatic N) is 4. The van der Waals surface area contributed by atoms with Crippen LogP contribution in [0.5, 0.6) is 0 Å². The minimum absolute atomic E-state index is 0.298. The Morgan fingerprint density at radius 3 is 2.95 bits per heavy atom. The Balaban J connectivity index is 1.89. The number of para-hydroxylation sites is 1. The van der Waals surface area contributed by atoms with E-state index >= 15 is 0 Å². The number of carbonyl (C=O) groups is 1. The molecule has 6 nitrogen and oxygen atoms in total. The largest absolute Gasteiger partial charge is 0.449 e. The molecule has 6 heteroatoms. The van der Waals surface area contributed by atoms with Gasteiger partial charge in [-0.05, 0) is 17.5 Å². The summed E-state index contributed by atoms with van der Waals surface area (Å²) in [5, 5.41) is 8.06. The van der Waals surface area contributed by atoms with E-state index in [1.807, 2.05) is 38.1 Å². The lowest BCUT2D eigenvalue weighted by molar-refractivity contribution is 0.0872. The molecule has 1 aromatic carbocycles. The summed E-state index contributed by atoms with van der Waals surface area (Å²) in [6, 6.07) is 7.89. The maximum atomic E-state index is 12.3. The average Bonchev–Trinajstić information content (AvgIpc) is 2.86. The van der Waals surface area contributed by atoms with Gasteiger partial charge in [0.2, 0.25) is 0 Å². The number of ether oxygens (including phenoxy) is 1. The SMILES string of the molecule is CC(C)COC(=O)N1Cc2ccccc2-n2nncc2C1. The highest BCUT2D eigenvalue weighted by molar-refractivity contribution is 5.68. The van der Waals surface area contributed by atoms with Gasteiger partial charge in [0.1, 0.15) is 0 Å². The number of rotatable bonds is 2. The molecule has 21 heavy (non-hydrogen) atoms. The van der Waals surface area contributed by atoms with Gasteiger partial charge in [-0.3, -0.25) is 4.90 Å². The van der Waals surface area contributed by atoms with Crippen molar-refractivity contribution in [2.24, 2.45) is 5.92 Å². The topological polar surface area (TPSA) is 60.2 Å². The Labute approximate surface area is 123 Å². The average molecular weight is 286 g/mol. The van der Waals surface area contributed by atoms with Crippen LogP contribution in [0.2, 0.25) is 0 Å². The third-order valence-corrected chi connectivity index (χ3v) is 3.35. The first kappa shape index (κ1) is 13.6. The lowest BCUT2D eigenvalue weighted by Crippen LogP contribution is -2.31. The second kappa shape index (κ2) is 5.55. The summed E-state index contributed by atoms with van der Waals surface area (Å²) >= 11 is 0. The van der Waals surface area contributed by atoms with Gasteiger partial charge in [0.05, 0.1) is 37.3 Å². The summed E-state index contributed by atoms with van der Waals surface area (Å²) in [5.41, 5.74) is 2.87. The number of benzene rings is 1. The first-order chi connectivity index (χ1) is 10.1. The highest BCUT2D eigenvalue weighted by atomic mass is 16.6. The molecular weight excluding hydrogens is 268 g/mol. The number of carbonyl (C=O) groups excluding carboxylic acids is 1. The van der Waals surface area contributed by atoms with E-state index in [4.69, 9.17) is 4.74 Å². The van der Waals surface area contributed by atoms with E-state index in [9.17, 15) is 4.79 Å². The lowest BCUT2D eigenvalue weighted by atomic mass is 10.2. The molecule has 2 heterocycles. The van der Waals surface area contributed by atoms with Gasteiger partial charge in [-0.2, -0.15) is 0 Å². The molecular formula is C15H18N4O2. The van der Waals surface area contributed by atoms with E-state index in [0.29, 0.717) is 25.6 Å². The minimum atomic E-state index is -0.298. The van der Waals surface area contributed by atoms with Crippen molar-refractivity contribution in [2.75, 3.05) is 6.61 Å². The van der Waals surface area contributed by atoms with Crippen molar-refractivity contribution < 1.29 is 9.53 Å². The summed E-state index contributed by atoms with van der Waals surface area (Å²) in [7, 11) is 0. The Morgan fingerprint density at radius 1 is 1.33 bits per heavy atom. The zero-order valence-corrected chi connectivity index (χ0v) is 12.2. The molecule has 110 valence electrons. The molecule has 0 unspecified atom stereocenters. The molecule has 0 fully saturated rings. The summed E-state index contributed by atoms with van der Waals surface area (Å²) in [5.74, 6) is 0.320. The summed E-state index contributed by atoms with van der Waals surface area (Å²) in [6.07, 6.45) is 1.39. The molecule has 0 spiro atoms. The van der Waals surface area contributed by atoms with Crippen molar-refractivity contribution in [3.8, 4) is 5.69 Å². The van der Waals surface area contributed by atoms with E-state index in [0.717, 1.165) is 16.9 Å². The summed E-state index contributed by atoms with van der Waals surface area (Å²) < 4.78 is 7.12. The second-order valence-electron chi connectivity index (χ2n) is 5.59. The Hall–Kier alpha value is -2.37. The molecule has 1 aliphatic heterocycles. The molecule has 1 aliphatic rings. The van der Waals surface area contributed by atoms with Crippen molar-refractivity contribution in [3.05, 3.63) is 41.7 Å². The molecule has 0 atom stereocenters. The lowest BCUT2D eigenvalue weighted by Gasteiger charge is -2.20. The predicted octanol–water partition coefficient (Wildman–Crippen LogP) is 2.38. The van der Waals surface area contributed by atoms with E-state index in [-0.39, 0.29) is 6.09 Å². The molecule has 1 amide bonds. The maximum Gasteiger partial charge on any atom is 0.410 e. The van der Waals surface area contributed by atoms with Gasteiger partial charge in [-0.25, -0.2) is 9.48 Å². The Morgan fingerprint density at radius 2 is 2.14 bits per heavy atom. The quantitative estimate of drug-likeness (QED) is 0.850. The smallest absolute Gasteiger partial charge is 0.410 e. The fourth-order valence-corrected chi connectivity index (χ4v) is 2.33. The summed E-state index contributed by atoms with van der Waals surface area (Å²) in [4.78, 5) is 13.9. The first-order valence-corrected chi connectivity index (χ1v) is 7.04. The molecule has 0 bridgehead atoms.